The summed E-state index contributed by atoms with van der Waals surface area (Å²) in [7, 11) is 0. The topological polar surface area (TPSA) is 78.3 Å². The fraction of sp³-hybridized carbons (Fsp3) is 0.190. The number of fused-ring (bicyclic) bond motifs is 2. The molecule has 1 N–H and O–H groups in total. The van der Waals surface area contributed by atoms with E-state index in [0.717, 1.165) is 27.3 Å². The number of aromatic nitrogens is 3. The van der Waals surface area contributed by atoms with Crippen molar-refractivity contribution in [3.63, 3.8) is 0 Å². The SMILES string of the molecule is CCn1ncc2c(C(=O)NCc3ccc4c(c3)OCO4)cc(-c3cccs3)nc21. The smallest absolute Gasteiger partial charge is 0.252 e. The van der Waals surface area contributed by atoms with Gasteiger partial charge in [-0.2, -0.15) is 5.10 Å². The Morgan fingerprint density at radius 3 is 2.97 bits per heavy atom. The predicted octanol–water partition coefficient (Wildman–Crippen LogP) is 3.84. The summed E-state index contributed by atoms with van der Waals surface area (Å²) in [5, 5.41) is 10.1. The molecule has 0 aliphatic carbocycles. The molecule has 0 radical (unpaired) electrons. The molecule has 3 aromatic heterocycles. The number of benzene rings is 1. The minimum atomic E-state index is -0.163. The molecule has 0 saturated carbocycles. The highest BCUT2D eigenvalue weighted by Gasteiger charge is 2.18. The highest BCUT2D eigenvalue weighted by Crippen LogP contribution is 2.32. The Morgan fingerprint density at radius 1 is 1.24 bits per heavy atom. The Kier molecular flexibility index (Phi) is 4.40. The zero-order valence-corrected chi connectivity index (χ0v) is 16.5. The fourth-order valence-electron chi connectivity index (χ4n) is 3.35. The number of nitrogens with one attached hydrogen (secondary N) is 1. The van der Waals surface area contributed by atoms with Gasteiger partial charge in [-0.05, 0) is 42.1 Å². The molecule has 8 heteroatoms. The van der Waals surface area contributed by atoms with Gasteiger partial charge in [0.05, 0.1) is 27.7 Å². The summed E-state index contributed by atoms with van der Waals surface area (Å²) in [5.74, 6) is 1.26. The standard InChI is InChI=1S/C21H18N4O3S/c1-2-25-20-15(11-23-25)14(9-16(24-20)19-4-3-7-29-19)21(26)22-10-13-5-6-17-18(8-13)28-12-27-17/h3-9,11H,2,10,12H2,1H3,(H,22,26). The average molecular weight is 406 g/mol. The van der Waals surface area contributed by atoms with E-state index in [4.69, 9.17) is 14.5 Å². The van der Waals surface area contributed by atoms with Crippen LogP contribution in [0.3, 0.4) is 0 Å². The molecule has 1 aromatic carbocycles. The number of rotatable bonds is 5. The second-order valence-electron chi connectivity index (χ2n) is 6.60. The molecule has 4 aromatic rings. The minimum Gasteiger partial charge on any atom is -0.454 e. The van der Waals surface area contributed by atoms with Crippen molar-refractivity contribution in [2.75, 3.05) is 6.79 Å². The number of hydrogen-bond donors (Lipinski definition) is 1. The molecular weight excluding hydrogens is 388 g/mol. The van der Waals surface area contributed by atoms with Gasteiger partial charge in [0.15, 0.2) is 17.1 Å². The third kappa shape index (κ3) is 3.21. The molecule has 146 valence electrons. The van der Waals surface area contributed by atoms with E-state index in [1.807, 2.05) is 48.7 Å². The summed E-state index contributed by atoms with van der Waals surface area (Å²) in [6, 6.07) is 11.5. The molecule has 0 atom stereocenters. The van der Waals surface area contributed by atoms with Crippen LogP contribution in [0.1, 0.15) is 22.8 Å². The Morgan fingerprint density at radius 2 is 2.14 bits per heavy atom. The van der Waals surface area contributed by atoms with E-state index in [-0.39, 0.29) is 12.7 Å². The Labute approximate surface area is 170 Å². The van der Waals surface area contributed by atoms with E-state index in [1.165, 1.54) is 0 Å². The van der Waals surface area contributed by atoms with Gasteiger partial charge in [0.2, 0.25) is 6.79 Å². The van der Waals surface area contributed by atoms with Crippen LogP contribution in [-0.4, -0.2) is 27.5 Å². The summed E-state index contributed by atoms with van der Waals surface area (Å²) < 4.78 is 12.5. The third-order valence-corrected chi connectivity index (χ3v) is 5.71. The Balaban J connectivity index is 1.46. The maximum Gasteiger partial charge on any atom is 0.252 e. The van der Waals surface area contributed by atoms with Crippen molar-refractivity contribution < 1.29 is 14.3 Å². The lowest BCUT2D eigenvalue weighted by atomic mass is 10.1. The summed E-state index contributed by atoms with van der Waals surface area (Å²) in [5.41, 5.74) is 3.00. The van der Waals surface area contributed by atoms with E-state index in [1.54, 1.807) is 22.2 Å². The van der Waals surface area contributed by atoms with Crippen molar-refractivity contribution in [2.24, 2.45) is 0 Å². The number of nitrogens with zero attached hydrogens (tertiary/aromatic N) is 3. The van der Waals surface area contributed by atoms with Crippen molar-refractivity contribution in [1.29, 1.82) is 0 Å². The third-order valence-electron chi connectivity index (χ3n) is 4.82. The number of hydrogen-bond acceptors (Lipinski definition) is 6. The summed E-state index contributed by atoms with van der Waals surface area (Å²) in [6.45, 7) is 3.30. The maximum absolute atomic E-state index is 13.1. The molecule has 1 amide bonds. The average Bonchev–Trinajstić information content (AvgIpc) is 3.50. The second kappa shape index (κ2) is 7.21. The number of thiophene rings is 1. The van der Waals surface area contributed by atoms with Gasteiger partial charge in [-0.15, -0.1) is 11.3 Å². The molecule has 0 saturated heterocycles. The van der Waals surface area contributed by atoms with Crippen LogP contribution >= 0.6 is 11.3 Å². The fourth-order valence-corrected chi connectivity index (χ4v) is 4.03. The molecule has 1 aliphatic rings. The van der Waals surface area contributed by atoms with Gasteiger partial charge in [-0.1, -0.05) is 12.1 Å². The normalized spacial score (nSPS) is 12.4. The van der Waals surface area contributed by atoms with Crippen molar-refractivity contribution >= 4 is 28.3 Å². The number of carbonyl (C=O) groups excluding carboxylic acids is 1. The van der Waals surface area contributed by atoms with Crippen LogP contribution in [0.25, 0.3) is 21.6 Å². The lowest BCUT2D eigenvalue weighted by Gasteiger charge is -2.09. The number of aryl methyl sites for hydroxylation is 1. The zero-order valence-electron chi connectivity index (χ0n) is 15.7. The van der Waals surface area contributed by atoms with Crippen molar-refractivity contribution in [3.8, 4) is 22.1 Å². The minimum absolute atomic E-state index is 0.163. The lowest BCUT2D eigenvalue weighted by Crippen LogP contribution is -2.23. The van der Waals surface area contributed by atoms with Gasteiger partial charge >= 0.3 is 0 Å². The first-order valence-corrected chi connectivity index (χ1v) is 10.2. The van der Waals surface area contributed by atoms with Crippen LogP contribution in [0.15, 0.2) is 48.0 Å². The van der Waals surface area contributed by atoms with Crippen LogP contribution in [0.2, 0.25) is 0 Å². The van der Waals surface area contributed by atoms with Gasteiger partial charge in [-0.25, -0.2) is 9.67 Å². The lowest BCUT2D eigenvalue weighted by molar-refractivity contribution is 0.0952. The van der Waals surface area contributed by atoms with Crippen LogP contribution < -0.4 is 14.8 Å². The van der Waals surface area contributed by atoms with E-state index in [9.17, 15) is 4.79 Å². The second-order valence-corrected chi connectivity index (χ2v) is 7.55. The van der Waals surface area contributed by atoms with Crippen molar-refractivity contribution in [3.05, 3.63) is 59.1 Å². The summed E-state index contributed by atoms with van der Waals surface area (Å²) in [4.78, 5) is 18.8. The number of pyridine rings is 1. The first-order valence-electron chi connectivity index (χ1n) is 9.30. The predicted molar refractivity (Wildman–Crippen MR) is 110 cm³/mol. The summed E-state index contributed by atoms with van der Waals surface area (Å²) in [6.07, 6.45) is 1.71. The number of ether oxygens (including phenoxy) is 2. The first-order chi connectivity index (χ1) is 14.2. The highest BCUT2D eigenvalue weighted by molar-refractivity contribution is 7.13. The van der Waals surface area contributed by atoms with Crippen LogP contribution in [0, 0.1) is 0 Å². The molecule has 0 spiro atoms. The van der Waals surface area contributed by atoms with E-state index >= 15 is 0 Å². The molecular formula is C21H18N4O3S. The maximum atomic E-state index is 13.1. The van der Waals surface area contributed by atoms with Gasteiger partial charge in [0.25, 0.3) is 5.91 Å². The molecule has 7 nitrogen and oxygen atoms in total. The molecule has 0 fully saturated rings. The van der Waals surface area contributed by atoms with Gasteiger partial charge in [-0.3, -0.25) is 4.79 Å². The largest absolute Gasteiger partial charge is 0.454 e. The zero-order chi connectivity index (χ0) is 19.8. The molecule has 0 unspecified atom stereocenters. The Bertz CT molecular complexity index is 1200. The van der Waals surface area contributed by atoms with Crippen LogP contribution in [-0.2, 0) is 13.1 Å². The molecule has 0 bridgehead atoms. The monoisotopic (exact) mass is 406 g/mol. The van der Waals surface area contributed by atoms with E-state index in [0.29, 0.717) is 30.0 Å². The Hall–Kier alpha value is -3.39. The van der Waals surface area contributed by atoms with Gasteiger partial charge in [0, 0.05) is 13.1 Å². The van der Waals surface area contributed by atoms with Crippen LogP contribution in [0.5, 0.6) is 11.5 Å². The van der Waals surface area contributed by atoms with Crippen molar-refractivity contribution in [1.82, 2.24) is 20.1 Å². The number of amides is 1. The molecule has 29 heavy (non-hydrogen) atoms. The number of carbonyl (C=O) groups is 1. The van der Waals surface area contributed by atoms with Crippen molar-refractivity contribution in [2.45, 2.75) is 20.0 Å². The van der Waals surface area contributed by atoms with Crippen LogP contribution in [0.4, 0.5) is 0 Å². The van der Waals surface area contributed by atoms with E-state index < -0.39 is 0 Å². The van der Waals surface area contributed by atoms with E-state index in [2.05, 4.69) is 10.4 Å². The molecule has 5 rings (SSSR count). The van der Waals surface area contributed by atoms with Gasteiger partial charge < -0.3 is 14.8 Å². The molecule has 4 heterocycles. The quantitative estimate of drug-likeness (QED) is 0.545. The van der Waals surface area contributed by atoms with Gasteiger partial charge in [0.1, 0.15) is 0 Å². The molecule has 1 aliphatic heterocycles. The summed E-state index contributed by atoms with van der Waals surface area (Å²) >= 11 is 1.59. The highest BCUT2D eigenvalue weighted by atomic mass is 32.1. The first kappa shape index (κ1) is 17.7.